The van der Waals surface area contributed by atoms with E-state index in [4.69, 9.17) is 0 Å². The van der Waals surface area contributed by atoms with Gasteiger partial charge in [-0.15, -0.1) is 0 Å². The van der Waals surface area contributed by atoms with Crippen LogP contribution in [0, 0.1) is 0 Å². The fourth-order valence-corrected chi connectivity index (χ4v) is 4.05. The van der Waals surface area contributed by atoms with Crippen LogP contribution >= 0.6 is 15.9 Å². The predicted molar refractivity (Wildman–Crippen MR) is 101 cm³/mol. The molecule has 0 saturated heterocycles. The Hall–Kier alpha value is -2.46. The second-order valence-corrected chi connectivity index (χ2v) is 7.28. The number of dihydropyridines is 1. The van der Waals surface area contributed by atoms with Crippen molar-refractivity contribution >= 4 is 33.2 Å². The smallest absolute Gasteiger partial charge is 0.192 e. The summed E-state index contributed by atoms with van der Waals surface area (Å²) >= 11 is 3.45. The molecule has 0 saturated carbocycles. The molecule has 1 heterocycles. The Bertz CT molecular complexity index is 983. The number of Topliss-reactive ketones (excluding diaryl/α,β-unsaturated/α-hetero) is 2. The minimum absolute atomic E-state index is 0.00253. The van der Waals surface area contributed by atoms with E-state index in [1.54, 1.807) is 6.92 Å². The third kappa shape index (κ3) is 2.40. The molecule has 1 atom stereocenters. The highest BCUT2D eigenvalue weighted by Crippen LogP contribution is 2.46. The maximum absolute atomic E-state index is 13.1. The minimum Gasteiger partial charge on any atom is -0.358 e. The molecule has 3 nitrogen and oxygen atoms in total. The van der Waals surface area contributed by atoms with Crippen molar-refractivity contribution in [2.24, 2.45) is 0 Å². The number of allylic oxidation sites excluding steroid dienone is 3. The molecule has 0 spiro atoms. The molecule has 0 fully saturated rings. The molecule has 1 aliphatic heterocycles. The van der Waals surface area contributed by atoms with E-state index in [1.807, 2.05) is 55.5 Å². The molecule has 0 aromatic heterocycles. The summed E-state index contributed by atoms with van der Waals surface area (Å²) < 4.78 is 0.963. The average molecular weight is 394 g/mol. The fourth-order valence-electron chi connectivity index (χ4n) is 3.78. The highest BCUT2D eigenvalue weighted by molar-refractivity contribution is 9.10. The van der Waals surface area contributed by atoms with E-state index in [-0.39, 0.29) is 17.5 Å². The Morgan fingerprint density at radius 3 is 2.32 bits per heavy atom. The first-order chi connectivity index (χ1) is 12.0. The van der Waals surface area contributed by atoms with E-state index in [2.05, 4.69) is 21.2 Å². The van der Waals surface area contributed by atoms with Crippen LogP contribution in [0.2, 0.25) is 0 Å². The van der Waals surface area contributed by atoms with E-state index >= 15 is 0 Å². The third-order valence-electron chi connectivity index (χ3n) is 4.83. The predicted octanol–water partition coefficient (Wildman–Crippen LogP) is 4.61. The van der Waals surface area contributed by atoms with Gasteiger partial charge in [0.25, 0.3) is 0 Å². The summed E-state index contributed by atoms with van der Waals surface area (Å²) in [6.45, 7) is 3.46. The molecule has 0 unspecified atom stereocenters. The highest BCUT2D eigenvalue weighted by Gasteiger charge is 2.41. The molecule has 0 bridgehead atoms. The quantitative estimate of drug-likeness (QED) is 0.810. The Morgan fingerprint density at radius 2 is 1.68 bits per heavy atom. The zero-order chi connectivity index (χ0) is 17.7. The molecule has 1 aliphatic carbocycles. The number of carbonyl (C=O) groups is 2. The molecular weight excluding hydrogens is 378 g/mol. The summed E-state index contributed by atoms with van der Waals surface area (Å²) in [7, 11) is 0. The molecule has 1 N–H and O–H groups in total. The SMILES string of the molecule is CC(=O)C1=C(C)NC2=C(C(=O)c3ccccc32)[C@@H]1c1ccc(Br)cc1. The summed E-state index contributed by atoms with van der Waals surface area (Å²) in [4.78, 5) is 25.5. The van der Waals surface area contributed by atoms with Gasteiger partial charge in [0.2, 0.25) is 0 Å². The fraction of sp³-hybridized carbons (Fsp3) is 0.143. The number of benzene rings is 2. The van der Waals surface area contributed by atoms with Crippen molar-refractivity contribution in [1.29, 1.82) is 0 Å². The van der Waals surface area contributed by atoms with E-state index in [1.165, 1.54) is 0 Å². The molecule has 0 radical (unpaired) electrons. The van der Waals surface area contributed by atoms with Gasteiger partial charge in [0.15, 0.2) is 11.6 Å². The molecule has 4 rings (SSSR count). The lowest BCUT2D eigenvalue weighted by atomic mass is 9.78. The number of ketones is 2. The van der Waals surface area contributed by atoms with Crippen LogP contribution in [0.15, 0.2) is 69.8 Å². The molecule has 124 valence electrons. The van der Waals surface area contributed by atoms with Gasteiger partial charge in [-0.05, 0) is 31.5 Å². The minimum atomic E-state index is -0.346. The zero-order valence-corrected chi connectivity index (χ0v) is 15.5. The number of hydrogen-bond acceptors (Lipinski definition) is 3. The number of rotatable bonds is 2. The molecule has 2 aromatic rings. The number of hydrogen-bond donors (Lipinski definition) is 1. The van der Waals surface area contributed by atoms with Gasteiger partial charge in [0, 0.05) is 38.4 Å². The van der Waals surface area contributed by atoms with Crippen LogP contribution in [0.3, 0.4) is 0 Å². The second-order valence-electron chi connectivity index (χ2n) is 6.37. The maximum Gasteiger partial charge on any atom is 0.192 e. The highest BCUT2D eigenvalue weighted by atomic mass is 79.9. The van der Waals surface area contributed by atoms with Gasteiger partial charge in [-0.2, -0.15) is 0 Å². The Kier molecular flexibility index (Phi) is 3.73. The molecule has 25 heavy (non-hydrogen) atoms. The van der Waals surface area contributed by atoms with E-state index in [0.29, 0.717) is 16.7 Å². The molecule has 0 amide bonds. The summed E-state index contributed by atoms with van der Waals surface area (Å²) in [6.07, 6.45) is 0. The van der Waals surface area contributed by atoms with Gasteiger partial charge >= 0.3 is 0 Å². The zero-order valence-electron chi connectivity index (χ0n) is 13.9. The van der Waals surface area contributed by atoms with E-state index in [9.17, 15) is 9.59 Å². The van der Waals surface area contributed by atoms with Gasteiger partial charge in [-0.25, -0.2) is 0 Å². The number of halogens is 1. The molecule has 2 aromatic carbocycles. The summed E-state index contributed by atoms with van der Waals surface area (Å²) in [6, 6.07) is 15.4. The van der Waals surface area contributed by atoms with Crippen LogP contribution in [0.5, 0.6) is 0 Å². The first-order valence-corrected chi connectivity index (χ1v) is 8.90. The van der Waals surface area contributed by atoms with Gasteiger partial charge < -0.3 is 5.32 Å². The number of carbonyl (C=O) groups excluding carboxylic acids is 2. The Balaban J connectivity index is 1.96. The van der Waals surface area contributed by atoms with Gasteiger partial charge in [0.1, 0.15) is 0 Å². The summed E-state index contributed by atoms with van der Waals surface area (Å²) in [5, 5.41) is 3.32. The number of nitrogens with one attached hydrogen (secondary N) is 1. The van der Waals surface area contributed by atoms with Crippen molar-refractivity contribution < 1.29 is 9.59 Å². The molecule has 2 aliphatic rings. The van der Waals surface area contributed by atoms with Crippen molar-refractivity contribution in [3.05, 3.63) is 86.5 Å². The lowest BCUT2D eigenvalue weighted by Gasteiger charge is -2.29. The average Bonchev–Trinajstić information content (AvgIpc) is 2.87. The first kappa shape index (κ1) is 16.0. The normalized spacial score (nSPS) is 18.8. The topological polar surface area (TPSA) is 46.2 Å². The maximum atomic E-state index is 13.1. The first-order valence-electron chi connectivity index (χ1n) is 8.11. The van der Waals surface area contributed by atoms with Crippen LogP contribution in [0.1, 0.15) is 41.3 Å². The van der Waals surface area contributed by atoms with Gasteiger partial charge in [-0.1, -0.05) is 52.3 Å². The van der Waals surface area contributed by atoms with Crippen molar-refractivity contribution in [3.8, 4) is 0 Å². The monoisotopic (exact) mass is 393 g/mol. The van der Waals surface area contributed by atoms with Crippen molar-refractivity contribution in [3.63, 3.8) is 0 Å². The number of fused-ring (bicyclic) bond motifs is 2. The van der Waals surface area contributed by atoms with Crippen molar-refractivity contribution in [2.45, 2.75) is 19.8 Å². The lowest BCUT2D eigenvalue weighted by molar-refractivity contribution is -0.113. The van der Waals surface area contributed by atoms with E-state index in [0.717, 1.165) is 27.0 Å². The van der Waals surface area contributed by atoms with Crippen LogP contribution in [0.4, 0.5) is 0 Å². The molecular formula is C21H16BrNO2. The summed E-state index contributed by atoms with van der Waals surface area (Å²) in [5.74, 6) is -0.368. The van der Waals surface area contributed by atoms with Crippen LogP contribution in [-0.4, -0.2) is 11.6 Å². The van der Waals surface area contributed by atoms with Crippen molar-refractivity contribution in [1.82, 2.24) is 5.32 Å². The molecule has 4 heteroatoms. The Labute approximate surface area is 154 Å². The van der Waals surface area contributed by atoms with Crippen LogP contribution in [0.25, 0.3) is 5.70 Å². The van der Waals surface area contributed by atoms with Gasteiger partial charge in [-0.3, -0.25) is 9.59 Å². The largest absolute Gasteiger partial charge is 0.358 e. The second kappa shape index (κ2) is 5.81. The summed E-state index contributed by atoms with van der Waals surface area (Å²) in [5.41, 5.74) is 5.51. The third-order valence-corrected chi connectivity index (χ3v) is 5.36. The van der Waals surface area contributed by atoms with E-state index < -0.39 is 0 Å². The Morgan fingerprint density at radius 1 is 1.04 bits per heavy atom. The van der Waals surface area contributed by atoms with Crippen molar-refractivity contribution in [2.75, 3.05) is 0 Å². The van der Waals surface area contributed by atoms with Crippen LogP contribution < -0.4 is 5.32 Å². The van der Waals surface area contributed by atoms with Gasteiger partial charge in [0.05, 0.1) is 5.70 Å². The van der Waals surface area contributed by atoms with Crippen LogP contribution in [-0.2, 0) is 4.79 Å². The standard InChI is InChI=1S/C21H16BrNO2/c1-11-17(12(2)24)18(13-7-9-14(22)10-8-13)19-20(23-11)15-5-3-4-6-16(15)21(19)25/h3-10,18,23H,1-2H3/t18-/m1/s1. The lowest BCUT2D eigenvalue weighted by Crippen LogP contribution is -2.27.